The molecule has 0 atom stereocenters. The first kappa shape index (κ1) is 11.0. The molecule has 1 heterocycles. The molecule has 1 N–H and O–H groups in total. The van der Waals surface area contributed by atoms with Gasteiger partial charge in [-0.2, -0.15) is 0 Å². The first-order chi connectivity index (χ1) is 6.97. The number of aldehydes is 1. The second kappa shape index (κ2) is 3.95. The van der Waals surface area contributed by atoms with Gasteiger partial charge in [0.1, 0.15) is 0 Å². The number of H-pyrrole nitrogens is 1. The number of halogens is 2. The molecule has 80 valence electrons. The molecule has 0 aliphatic carbocycles. The molecule has 0 unspecified atom stereocenters. The molecular formula is C7H4F2N2O4. The van der Waals surface area contributed by atoms with E-state index in [2.05, 4.69) is 0 Å². The Labute approximate surface area is 80.7 Å². The first-order valence-corrected chi connectivity index (χ1v) is 3.62. The number of pyridine rings is 1. The van der Waals surface area contributed by atoms with E-state index in [4.69, 9.17) is 0 Å². The van der Waals surface area contributed by atoms with E-state index < -0.39 is 33.9 Å². The van der Waals surface area contributed by atoms with E-state index in [0.29, 0.717) is 6.07 Å². The standard InChI is InChI=1S/C7H4F2N2O4/c8-6(9)5-3(2-12)1-4(11(14)15)7(13)10-5/h1-2,6H,(H,10,13). The van der Waals surface area contributed by atoms with Crippen molar-refractivity contribution in [3.63, 3.8) is 0 Å². The maximum atomic E-state index is 12.2. The van der Waals surface area contributed by atoms with Gasteiger partial charge in [-0.1, -0.05) is 0 Å². The molecule has 8 heteroatoms. The van der Waals surface area contributed by atoms with Crippen LogP contribution >= 0.6 is 0 Å². The van der Waals surface area contributed by atoms with Gasteiger partial charge in [-0.15, -0.1) is 0 Å². The fraction of sp³-hybridized carbons (Fsp3) is 0.143. The third kappa shape index (κ3) is 2.03. The first-order valence-electron chi connectivity index (χ1n) is 3.62. The number of carbonyl (C=O) groups is 1. The summed E-state index contributed by atoms with van der Waals surface area (Å²) >= 11 is 0. The van der Waals surface area contributed by atoms with Crippen LogP contribution in [0.15, 0.2) is 10.9 Å². The van der Waals surface area contributed by atoms with Crippen LogP contribution in [0.1, 0.15) is 22.5 Å². The monoisotopic (exact) mass is 218 g/mol. The van der Waals surface area contributed by atoms with Crippen molar-refractivity contribution in [3.05, 3.63) is 37.8 Å². The molecule has 1 aromatic rings. The summed E-state index contributed by atoms with van der Waals surface area (Å²) in [4.78, 5) is 32.0. The highest BCUT2D eigenvalue weighted by Crippen LogP contribution is 2.20. The average molecular weight is 218 g/mol. The number of nitro groups is 1. The minimum Gasteiger partial charge on any atom is -0.315 e. The van der Waals surface area contributed by atoms with Gasteiger partial charge < -0.3 is 4.98 Å². The van der Waals surface area contributed by atoms with E-state index in [1.54, 1.807) is 4.98 Å². The van der Waals surface area contributed by atoms with E-state index in [9.17, 15) is 28.5 Å². The molecule has 0 saturated heterocycles. The molecule has 1 rings (SSSR count). The van der Waals surface area contributed by atoms with Gasteiger partial charge >= 0.3 is 11.2 Å². The molecule has 0 aromatic carbocycles. The summed E-state index contributed by atoms with van der Waals surface area (Å²) in [6.45, 7) is 0. The molecule has 0 aliphatic rings. The summed E-state index contributed by atoms with van der Waals surface area (Å²) in [5.41, 5.74) is -3.72. The van der Waals surface area contributed by atoms with E-state index >= 15 is 0 Å². The Morgan fingerprint density at radius 2 is 2.13 bits per heavy atom. The van der Waals surface area contributed by atoms with Crippen molar-refractivity contribution in [2.75, 3.05) is 0 Å². The lowest BCUT2D eigenvalue weighted by Crippen LogP contribution is -2.16. The van der Waals surface area contributed by atoms with Crippen molar-refractivity contribution in [3.8, 4) is 0 Å². The smallest absolute Gasteiger partial charge is 0.315 e. The number of nitrogens with zero attached hydrogens (tertiary/aromatic N) is 1. The van der Waals surface area contributed by atoms with Crippen LogP contribution in [0.3, 0.4) is 0 Å². The van der Waals surface area contributed by atoms with Crippen LogP contribution in [0, 0.1) is 10.1 Å². The number of aromatic amines is 1. The number of rotatable bonds is 3. The summed E-state index contributed by atoms with van der Waals surface area (Å²) in [6.07, 6.45) is -3.05. The molecule has 0 saturated carbocycles. The van der Waals surface area contributed by atoms with Gasteiger partial charge in [-0.3, -0.25) is 19.7 Å². The minimum atomic E-state index is -3.07. The number of carbonyl (C=O) groups excluding carboxylic acids is 1. The fourth-order valence-corrected chi connectivity index (χ4v) is 0.963. The average Bonchev–Trinajstić information content (AvgIpc) is 2.16. The second-order valence-corrected chi connectivity index (χ2v) is 2.53. The van der Waals surface area contributed by atoms with E-state index in [1.807, 2.05) is 0 Å². The quantitative estimate of drug-likeness (QED) is 0.465. The lowest BCUT2D eigenvalue weighted by molar-refractivity contribution is -0.386. The third-order valence-electron chi connectivity index (χ3n) is 1.63. The van der Waals surface area contributed by atoms with Crippen LogP contribution in [0.5, 0.6) is 0 Å². The molecule has 0 bridgehead atoms. The van der Waals surface area contributed by atoms with Gasteiger partial charge in [0.15, 0.2) is 6.29 Å². The largest absolute Gasteiger partial charge is 0.334 e. The number of alkyl halides is 2. The maximum absolute atomic E-state index is 12.2. The van der Waals surface area contributed by atoms with Crippen molar-refractivity contribution in [1.29, 1.82) is 0 Å². The minimum absolute atomic E-state index is 0.0183. The van der Waals surface area contributed by atoms with Crippen molar-refractivity contribution in [1.82, 2.24) is 4.98 Å². The molecule has 0 spiro atoms. The van der Waals surface area contributed by atoms with Crippen molar-refractivity contribution < 1.29 is 18.5 Å². The Morgan fingerprint density at radius 3 is 2.53 bits per heavy atom. The predicted octanol–water partition coefficient (Wildman–Crippen LogP) is 1.03. The summed E-state index contributed by atoms with van der Waals surface area (Å²) in [7, 11) is 0. The number of hydrogen-bond acceptors (Lipinski definition) is 4. The second-order valence-electron chi connectivity index (χ2n) is 2.53. The summed E-state index contributed by atoms with van der Waals surface area (Å²) in [5, 5.41) is 10.3. The maximum Gasteiger partial charge on any atom is 0.334 e. The van der Waals surface area contributed by atoms with Gasteiger partial charge in [0.05, 0.1) is 10.6 Å². The van der Waals surface area contributed by atoms with Gasteiger partial charge in [-0.05, 0) is 0 Å². The predicted molar refractivity (Wildman–Crippen MR) is 44.1 cm³/mol. The normalized spacial score (nSPS) is 10.3. The zero-order chi connectivity index (χ0) is 11.6. The van der Waals surface area contributed by atoms with Crippen molar-refractivity contribution >= 4 is 12.0 Å². The Balaban J connectivity index is 3.49. The van der Waals surface area contributed by atoms with E-state index in [0.717, 1.165) is 0 Å². The van der Waals surface area contributed by atoms with Gasteiger partial charge in [0.2, 0.25) is 0 Å². The van der Waals surface area contributed by atoms with Crippen molar-refractivity contribution in [2.24, 2.45) is 0 Å². The van der Waals surface area contributed by atoms with E-state index in [-0.39, 0.29) is 6.29 Å². The van der Waals surface area contributed by atoms with Crippen LogP contribution in [-0.4, -0.2) is 16.2 Å². The lowest BCUT2D eigenvalue weighted by atomic mass is 10.2. The van der Waals surface area contributed by atoms with Crippen LogP contribution < -0.4 is 5.56 Å². The van der Waals surface area contributed by atoms with Gasteiger partial charge in [0.25, 0.3) is 6.43 Å². The van der Waals surface area contributed by atoms with E-state index in [1.165, 1.54) is 0 Å². The highest BCUT2D eigenvalue weighted by Gasteiger charge is 2.21. The van der Waals surface area contributed by atoms with Gasteiger partial charge in [-0.25, -0.2) is 8.78 Å². The Morgan fingerprint density at radius 1 is 1.53 bits per heavy atom. The molecule has 0 aliphatic heterocycles. The SMILES string of the molecule is O=Cc1cc([N+](=O)[O-])c(=O)[nH]c1C(F)F. The topological polar surface area (TPSA) is 93.1 Å². The molecule has 0 fully saturated rings. The van der Waals surface area contributed by atoms with Crippen LogP contribution in [0.2, 0.25) is 0 Å². The zero-order valence-electron chi connectivity index (χ0n) is 7.07. The van der Waals surface area contributed by atoms with Gasteiger partial charge in [0, 0.05) is 11.6 Å². The zero-order valence-corrected chi connectivity index (χ0v) is 7.07. The number of aromatic nitrogens is 1. The summed E-state index contributed by atoms with van der Waals surface area (Å²) in [5.74, 6) is 0. The highest BCUT2D eigenvalue weighted by atomic mass is 19.3. The Kier molecular flexibility index (Phi) is 2.88. The van der Waals surface area contributed by atoms with Crippen LogP contribution in [-0.2, 0) is 0 Å². The molecule has 15 heavy (non-hydrogen) atoms. The number of hydrogen-bond donors (Lipinski definition) is 1. The Hall–Kier alpha value is -2.12. The number of nitrogens with one attached hydrogen (secondary N) is 1. The fourth-order valence-electron chi connectivity index (χ4n) is 0.963. The van der Waals surface area contributed by atoms with Crippen LogP contribution in [0.25, 0.3) is 0 Å². The Bertz CT molecular complexity index is 469. The summed E-state index contributed by atoms with van der Waals surface area (Å²) in [6, 6.07) is 0.521. The molecular weight excluding hydrogens is 214 g/mol. The molecule has 0 amide bonds. The lowest BCUT2D eigenvalue weighted by Gasteiger charge is -2.01. The highest BCUT2D eigenvalue weighted by molar-refractivity contribution is 5.77. The molecule has 0 radical (unpaired) electrons. The third-order valence-corrected chi connectivity index (χ3v) is 1.63. The summed E-state index contributed by atoms with van der Waals surface area (Å²) < 4.78 is 24.5. The van der Waals surface area contributed by atoms with Crippen molar-refractivity contribution in [2.45, 2.75) is 6.43 Å². The van der Waals surface area contributed by atoms with Crippen LogP contribution in [0.4, 0.5) is 14.5 Å². The molecule has 1 aromatic heterocycles. The molecule has 6 nitrogen and oxygen atoms in total.